The van der Waals surface area contributed by atoms with Gasteiger partial charge in [0.05, 0.1) is 0 Å². The second-order valence-corrected chi connectivity index (χ2v) is 5.39. The predicted molar refractivity (Wildman–Crippen MR) is 86.6 cm³/mol. The minimum Gasteiger partial charge on any atom is -0.370 e. The Labute approximate surface area is 123 Å². The summed E-state index contributed by atoms with van der Waals surface area (Å²) in [6.45, 7) is 7.30. The molecule has 20 heavy (non-hydrogen) atoms. The van der Waals surface area contributed by atoms with Gasteiger partial charge >= 0.3 is 0 Å². The van der Waals surface area contributed by atoms with E-state index < -0.39 is 0 Å². The molecule has 0 amide bonds. The molecular formula is C15H29N5. The molecule has 0 spiro atoms. The highest BCUT2D eigenvalue weighted by atomic mass is 15.2. The van der Waals surface area contributed by atoms with Gasteiger partial charge in [0.1, 0.15) is 17.5 Å². The van der Waals surface area contributed by atoms with E-state index in [9.17, 15) is 0 Å². The van der Waals surface area contributed by atoms with Gasteiger partial charge in [0.2, 0.25) is 0 Å². The molecule has 0 aliphatic rings. The summed E-state index contributed by atoms with van der Waals surface area (Å²) < 4.78 is 0. The Bertz CT molecular complexity index is 392. The molecule has 1 aromatic rings. The Hall–Kier alpha value is -1.36. The van der Waals surface area contributed by atoms with E-state index in [1.54, 1.807) is 0 Å². The van der Waals surface area contributed by atoms with Crippen LogP contribution in [0.15, 0.2) is 6.07 Å². The van der Waals surface area contributed by atoms with Gasteiger partial charge in [-0.05, 0) is 33.5 Å². The average Bonchev–Trinajstić information content (AvgIpc) is 2.44. The van der Waals surface area contributed by atoms with Crippen LogP contribution in [0.5, 0.6) is 0 Å². The summed E-state index contributed by atoms with van der Waals surface area (Å²) in [5, 5.41) is 3.35. The topological polar surface area (TPSA) is 44.3 Å². The fraction of sp³-hybridized carbons (Fsp3) is 0.733. The van der Waals surface area contributed by atoms with Gasteiger partial charge in [-0.3, -0.25) is 0 Å². The van der Waals surface area contributed by atoms with E-state index in [0.29, 0.717) is 0 Å². The maximum Gasteiger partial charge on any atom is 0.134 e. The van der Waals surface area contributed by atoms with Crippen molar-refractivity contribution in [3.8, 4) is 0 Å². The quantitative estimate of drug-likeness (QED) is 0.751. The van der Waals surface area contributed by atoms with Gasteiger partial charge in [-0.25, -0.2) is 9.97 Å². The molecule has 0 radical (unpaired) electrons. The molecule has 1 N–H and O–H groups in total. The highest BCUT2D eigenvalue weighted by Gasteiger charge is 2.07. The normalized spacial score (nSPS) is 10.9. The summed E-state index contributed by atoms with van der Waals surface area (Å²) in [6, 6.07) is 2.05. The molecule has 0 saturated carbocycles. The minimum atomic E-state index is 0.861. The maximum atomic E-state index is 4.62. The zero-order chi connectivity index (χ0) is 15.0. The number of nitrogens with zero attached hydrogens (tertiary/aromatic N) is 4. The number of nitrogens with one attached hydrogen (secondary N) is 1. The van der Waals surface area contributed by atoms with Crippen molar-refractivity contribution in [3.63, 3.8) is 0 Å². The summed E-state index contributed by atoms with van der Waals surface area (Å²) >= 11 is 0. The van der Waals surface area contributed by atoms with Gasteiger partial charge in [0.25, 0.3) is 0 Å². The van der Waals surface area contributed by atoms with Gasteiger partial charge < -0.3 is 15.1 Å². The molecule has 0 atom stereocenters. The van der Waals surface area contributed by atoms with Crippen LogP contribution in [-0.4, -0.2) is 55.6 Å². The highest BCUT2D eigenvalue weighted by molar-refractivity contribution is 5.49. The van der Waals surface area contributed by atoms with Gasteiger partial charge in [-0.15, -0.1) is 0 Å². The molecule has 0 fully saturated rings. The van der Waals surface area contributed by atoms with Crippen molar-refractivity contribution in [1.29, 1.82) is 0 Å². The molecule has 5 nitrogen and oxygen atoms in total. The molecular weight excluding hydrogens is 250 g/mol. The third kappa shape index (κ3) is 5.74. The standard InChI is InChI=1S/C15H29N5/c1-6-9-16-14-12-15(18-13(7-2)17-14)20(5)11-8-10-19(3)4/h12H,6-11H2,1-5H3,(H,16,17,18). The van der Waals surface area contributed by atoms with E-state index in [2.05, 4.69) is 60.1 Å². The van der Waals surface area contributed by atoms with Gasteiger partial charge in [-0.1, -0.05) is 13.8 Å². The molecule has 0 aliphatic carbocycles. The molecule has 1 heterocycles. The second-order valence-electron chi connectivity index (χ2n) is 5.39. The van der Waals surface area contributed by atoms with Gasteiger partial charge in [0.15, 0.2) is 0 Å². The largest absolute Gasteiger partial charge is 0.370 e. The first-order valence-corrected chi connectivity index (χ1v) is 7.54. The van der Waals surface area contributed by atoms with Crippen LogP contribution in [0.1, 0.15) is 32.5 Å². The monoisotopic (exact) mass is 279 g/mol. The van der Waals surface area contributed by atoms with Gasteiger partial charge in [-0.2, -0.15) is 0 Å². The molecule has 0 unspecified atom stereocenters. The molecule has 0 aromatic carbocycles. The van der Waals surface area contributed by atoms with Crippen molar-refractivity contribution in [2.75, 3.05) is 51.0 Å². The van der Waals surface area contributed by atoms with Crippen LogP contribution >= 0.6 is 0 Å². The van der Waals surface area contributed by atoms with E-state index in [0.717, 1.165) is 56.4 Å². The number of anilines is 2. The van der Waals surface area contributed by atoms with Crippen LogP contribution in [0.25, 0.3) is 0 Å². The third-order valence-corrected chi connectivity index (χ3v) is 3.12. The molecule has 114 valence electrons. The second kappa shape index (κ2) is 8.74. The van der Waals surface area contributed by atoms with Crippen molar-refractivity contribution in [1.82, 2.24) is 14.9 Å². The summed E-state index contributed by atoms with van der Waals surface area (Å²) in [5.41, 5.74) is 0. The molecule has 1 aromatic heterocycles. The van der Waals surface area contributed by atoms with Crippen molar-refractivity contribution in [2.24, 2.45) is 0 Å². The Morgan fingerprint density at radius 1 is 1.10 bits per heavy atom. The van der Waals surface area contributed by atoms with Crippen LogP contribution in [0.3, 0.4) is 0 Å². The maximum absolute atomic E-state index is 4.62. The first-order valence-electron chi connectivity index (χ1n) is 7.54. The van der Waals surface area contributed by atoms with Crippen LogP contribution in [0.2, 0.25) is 0 Å². The number of hydrogen-bond acceptors (Lipinski definition) is 5. The van der Waals surface area contributed by atoms with E-state index in [4.69, 9.17) is 0 Å². The third-order valence-electron chi connectivity index (χ3n) is 3.12. The number of hydrogen-bond donors (Lipinski definition) is 1. The van der Waals surface area contributed by atoms with Crippen LogP contribution in [-0.2, 0) is 6.42 Å². The van der Waals surface area contributed by atoms with E-state index >= 15 is 0 Å². The first-order chi connectivity index (χ1) is 9.56. The average molecular weight is 279 g/mol. The lowest BCUT2D eigenvalue weighted by molar-refractivity contribution is 0.401. The predicted octanol–water partition coefficient (Wildman–Crippen LogP) is 2.25. The zero-order valence-corrected chi connectivity index (χ0v) is 13.6. The molecule has 0 saturated heterocycles. The van der Waals surface area contributed by atoms with Crippen molar-refractivity contribution < 1.29 is 0 Å². The van der Waals surface area contributed by atoms with Crippen LogP contribution in [0.4, 0.5) is 11.6 Å². The van der Waals surface area contributed by atoms with Crippen molar-refractivity contribution in [3.05, 3.63) is 11.9 Å². The lowest BCUT2D eigenvalue weighted by Crippen LogP contribution is -2.24. The van der Waals surface area contributed by atoms with E-state index in [-0.39, 0.29) is 0 Å². The zero-order valence-electron chi connectivity index (χ0n) is 13.6. The van der Waals surface area contributed by atoms with E-state index in [1.807, 2.05) is 6.07 Å². The summed E-state index contributed by atoms with van der Waals surface area (Å²) in [7, 11) is 6.31. The summed E-state index contributed by atoms with van der Waals surface area (Å²) in [6.07, 6.45) is 3.09. The number of rotatable bonds is 9. The molecule has 5 heteroatoms. The van der Waals surface area contributed by atoms with E-state index in [1.165, 1.54) is 0 Å². The highest BCUT2D eigenvalue weighted by Crippen LogP contribution is 2.15. The van der Waals surface area contributed by atoms with Crippen LogP contribution in [0, 0.1) is 0 Å². The SMILES string of the molecule is CCCNc1cc(N(C)CCCN(C)C)nc(CC)n1. The van der Waals surface area contributed by atoms with Crippen LogP contribution < -0.4 is 10.2 Å². The fourth-order valence-corrected chi connectivity index (χ4v) is 1.92. The number of aromatic nitrogens is 2. The molecule has 0 aliphatic heterocycles. The Morgan fingerprint density at radius 3 is 2.45 bits per heavy atom. The molecule has 1 rings (SSSR count). The summed E-state index contributed by atoms with van der Waals surface area (Å²) in [4.78, 5) is 13.6. The minimum absolute atomic E-state index is 0.861. The Balaban J connectivity index is 2.70. The van der Waals surface area contributed by atoms with Crippen molar-refractivity contribution >= 4 is 11.6 Å². The van der Waals surface area contributed by atoms with Crippen molar-refractivity contribution in [2.45, 2.75) is 33.1 Å². The summed E-state index contributed by atoms with van der Waals surface area (Å²) in [5.74, 6) is 2.85. The lowest BCUT2D eigenvalue weighted by atomic mass is 10.3. The Kier molecular flexibility index (Phi) is 7.30. The van der Waals surface area contributed by atoms with Gasteiger partial charge in [0, 0.05) is 32.6 Å². The first kappa shape index (κ1) is 16.7. The molecule has 0 bridgehead atoms. The smallest absolute Gasteiger partial charge is 0.134 e. The lowest BCUT2D eigenvalue weighted by Gasteiger charge is -2.20. The number of aryl methyl sites for hydroxylation is 1. The fourth-order valence-electron chi connectivity index (χ4n) is 1.92. The Morgan fingerprint density at radius 2 is 1.85 bits per heavy atom.